The maximum Gasteiger partial charge on any atom is 0.248 e. The fourth-order valence-electron chi connectivity index (χ4n) is 2.88. The van der Waals surface area contributed by atoms with Crippen LogP contribution >= 0.6 is 35.0 Å². The van der Waals surface area contributed by atoms with Crippen LogP contribution in [0.3, 0.4) is 0 Å². The van der Waals surface area contributed by atoms with Crippen LogP contribution in [0.25, 0.3) is 0 Å². The number of rotatable bonds is 3. The van der Waals surface area contributed by atoms with Gasteiger partial charge in [-0.25, -0.2) is 8.42 Å². The van der Waals surface area contributed by atoms with Gasteiger partial charge in [-0.1, -0.05) is 41.9 Å². The number of carbonyl (C=O) groups excluding carboxylic acids is 1. The molecule has 2 aliphatic rings. The maximum absolute atomic E-state index is 12.0. The van der Waals surface area contributed by atoms with Gasteiger partial charge in [0, 0.05) is 17.4 Å². The van der Waals surface area contributed by atoms with Crippen LogP contribution in [0, 0.1) is 0 Å². The summed E-state index contributed by atoms with van der Waals surface area (Å²) in [4.78, 5) is 18.0. The lowest BCUT2D eigenvalue weighted by molar-refractivity contribution is -0.117. The number of carbonyl (C=O) groups is 1. The number of anilines is 1. The van der Waals surface area contributed by atoms with Crippen molar-refractivity contribution in [2.24, 2.45) is 4.99 Å². The summed E-state index contributed by atoms with van der Waals surface area (Å²) in [6.45, 7) is 1.91. The summed E-state index contributed by atoms with van der Waals surface area (Å²) in [5.74, 6) is -0.0551. The number of thioether (sulfide) groups is 1. The number of sulfone groups is 1. The molecule has 130 valence electrons. The van der Waals surface area contributed by atoms with Gasteiger partial charge in [-0.2, -0.15) is 4.99 Å². The van der Waals surface area contributed by atoms with Crippen LogP contribution in [0.1, 0.15) is 19.8 Å². The van der Waals surface area contributed by atoms with Gasteiger partial charge in [-0.15, -0.1) is 0 Å². The molecule has 9 heteroatoms. The minimum absolute atomic E-state index is 0.0475. The molecule has 0 radical (unpaired) electrons. The van der Waals surface area contributed by atoms with Gasteiger partial charge < -0.3 is 4.90 Å². The summed E-state index contributed by atoms with van der Waals surface area (Å²) in [6, 6.07) is 4.86. The van der Waals surface area contributed by atoms with E-state index in [1.165, 1.54) is 11.8 Å². The van der Waals surface area contributed by atoms with Crippen molar-refractivity contribution in [1.29, 1.82) is 0 Å². The average molecular weight is 407 g/mol. The highest BCUT2D eigenvalue weighted by atomic mass is 35.5. The summed E-state index contributed by atoms with van der Waals surface area (Å²) in [7, 11) is -3.09. The van der Waals surface area contributed by atoms with E-state index in [1.807, 2.05) is 11.8 Å². The van der Waals surface area contributed by atoms with Gasteiger partial charge in [0.05, 0.1) is 27.6 Å². The third-order valence-corrected chi connectivity index (χ3v) is 7.88. The zero-order valence-electron chi connectivity index (χ0n) is 12.9. The van der Waals surface area contributed by atoms with Crippen LogP contribution in [0.5, 0.6) is 0 Å². The first-order valence-corrected chi connectivity index (χ1v) is 11.0. The minimum Gasteiger partial charge on any atom is -0.316 e. The Morgan fingerprint density at radius 2 is 2.08 bits per heavy atom. The molecular formula is C15H16Cl2N2O3S2. The van der Waals surface area contributed by atoms with Crippen molar-refractivity contribution in [1.82, 2.24) is 0 Å². The highest BCUT2D eigenvalue weighted by molar-refractivity contribution is 8.16. The van der Waals surface area contributed by atoms with Gasteiger partial charge in [-0.05, 0) is 24.6 Å². The molecule has 0 spiro atoms. The summed E-state index contributed by atoms with van der Waals surface area (Å²) < 4.78 is 24.0. The molecule has 0 bridgehead atoms. The first-order chi connectivity index (χ1) is 11.3. The second-order valence-corrected chi connectivity index (χ2v) is 9.98. The molecule has 2 unspecified atom stereocenters. The fourth-order valence-corrected chi connectivity index (χ4v) is 7.10. The molecule has 2 aliphatic heterocycles. The summed E-state index contributed by atoms with van der Waals surface area (Å²) in [5, 5.41) is 1.21. The molecule has 0 aliphatic carbocycles. The number of hydrogen-bond donors (Lipinski definition) is 0. The molecule has 1 aromatic rings. The quantitative estimate of drug-likeness (QED) is 0.769. The highest BCUT2D eigenvalue weighted by Gasteiger charge is 2.49. The van der Waals surface area contributed by atoms with Crippen molar-refractivity contribution in [2.75, 3.05) is 16.4 Å². The zero-order chi connectivity index (χ0) is 17.5. The molecule has 1 amide bonds. The average Bonchev–Trinajstić information content (AvgIpc) is 2.93. The third kappa shape index (κ3) is 3.59. The summed E-state index contributed by atoms with van der Waals surface area (Å²) >= 11 is 13.4. The van der Waals surface area contributed by atoms with E-state index in [9.17, 15) is 13.2 Å². The van der Waals surface area contributed by atoms with Gasteiger partial charge in [0.25, 0.3) is 0 Å². The molecule has 2 atom stereocenters. The second-order valence-electron chi connectivity index (χ2n) is 5.81. The number of halogens is 2. The Morgan fingerprint density at radius 3 is 2.75 bits per heavy atom. The molecule has 2 saturated heterocycles. The Kier molecular flexibility index (Phi) is 5.16. The first kappa shape index (κ1) is 18.0. The van der Waals surface area contributed by atoms with E-state index in [0.717, 1.165) is 0 Å². The predicted octanol–water partition coefficient (Wildman–Crippen LogP) is 3.39. The Bertz CT molecular complexity index is 811. The Labute approximate surface area is 155 Å². The van der Waals surface area contributed by atoms with Crippen LogP contribution in [0.4, 0.5) is 5.69 Å². The van der Waals surface area contributed by atoms with Crippen molar-refractivity contribution >= 4 is 61.6 Å². The Balaban J connectivity index is 2.01. The van der Waals surface area contributed by atoms with Crippen molar-refractivity contribution < 1.29 is 13.2 Å². The molecule has 3 rings (SSSR count). The zero-order valence-corrected chi connectivity index (χ0v) is 16.1. The molecule has 5 nitrogen and oxygen atoms in total. The third-order valence-electron chi connectivity index (χ3n) is 3.93. The van der Waals surface area contributed by atoms with Gasteiger partial charge in [0.15, 0.2) is 15.0 Å². The van der Waals surface area contributed by atoms with Gasteiger partial charge in [0.2, 0.25) is 5.91 Å². The van der Waals surface area contributed by atoms with Crippen LogP contribution < -0.4 is 4.90 Å². The lowest BCUT2D eigenvalue weighted by Gasteiger charge is -2.24. The van der Waals surface area contributed by atoms with E-state index in [-0.39, 0.29) is 28.7 Å². The topological polar surface area (TPSA) is 66.8 Å². The minimum atomic E-state index is -3.09. The molecule has 24 heavy (non-hydrogen) atoms. The van der Waals surface area contributed by atoms with E-state index in [4.69, 9.17) is 23.2 Å². The van der Waals surface area contributed by atoms with E-state index in [2.05, 4.69) is 4.99 Å². The Hall–Kier alpha value is -0.760. The number of amides is 1. The van der Waals surface area contributed by atoms with Crippen molar-refractivity contribution in [3.05, 3.63) is 28.2 Å². The summed E-state index contributed by atoms with van der Waals surface area (Å²) in [5.41, 5.74) is 0.699. The summed E-state index contributed by atoms with van der Waals surface area (Å²) in [6.07, 6.45) is 1.08. The number of nitrogens with zero attached hydrogens (tertiary/aromatic N) is 2. The van der Waals surface area contributed by atoms with Crippen LogP contribution in [0.2, 0.25) is 10.0 Å². The molecule has 0 N–H and O–H groups in total. The van der Waals surface area contributed by atoms with Crippen LogP contribution in [-0.2, 0) is 14.6 Å². The van der Waals surface area contributed by atoms with E-state index in [1.54, 1.807) is 18.2 Å². The molecule has 2 heterocycles. The monoisotopic (exact) mass is 406 g/mol. The lowest BCUT2D eigenvalue weighted by atomic mass is 10.2. The predicted molar refractivity (Wildman–Crippen MR) is 100 cm³/mol. The smallest absolute Gasteiger partial charge is 0.248 e. The number of aliphatic imine (C=N–C) groups is 1. The lowest BCUT2D eigenvalue weighted by Crippen LogP contribution is -2.37. The molecular weight excluding hydrogens is 391 g/mol. The van der Waals surface area contributed by atoms with E-state index < -0.39 is 9.84 Å². The van der Waals surface area contributed by atoms with Crippen molar-refractivity contribution in [3.8, 4) is 0 Å². The number of amidine groups is 1. The number of fused-ring (bicyclic) bond motifs is 1. The standard InChI is InChI=1S/C15H16Cl2N2O3S2/c1-2-3-14(20)18-15-19(9-4-5-10(16)11(17)6-9)12-7-24(21,22)8-13(12)23-15/h4-6,12-13H,2-3,7-8H2,1H3. The van der Waals surface area contributed by atoms with Crippen molar-refractivity contribution in [3.63, 3.8) is 0 Å². The second kappa shape index (κ2) is 6.86. The number of hydrogen-bond acceptors (Lipinski definition) is 4. The van der Waals surface area contributed by atoms with E-state index >= 15 is 0 Å². The number of benzene rings is 1. The van der Waals surface area contributed by atoms with Gasteiger partial charge >= 0.3 is 0 Å². The first-order valence-electron chi connectivity index (χ1n) is 7.53. The SMILES string of the molecule is CCCC(=O)N=C1SC2CS(=O)(=O)CC2N1c1ccc(Cl)c(Cl)c1. The van der Waals surface area contributed by atoms with Gasteiger partial charge in [0.1, 0.15) is 0 Å². The molecule has 0 aromatic heterocycles. The molecule has 2 fully saturated rings. The van der Waals surface area contributed by atoms with Gasteiger partial charge in [-0.3, -0.25) is 4.79 Å². The van der Waals surface area contributed by atoms with Crippen LogP contribution in [-0.4, -0.2) is 42.3 Å². The Morgan fingerprint density at radius 1 is 1.33 bits per heavy atom. The van der Waals surface area contributed by atoms with Crippen LogP contribution in [0.15, 0.2) is 23.2 Å². The highest BCUT2D eigenvalue weighted by Crippen LogP contribution is 2.42. The largest absolute Gasteiger partial charge is 0.316 e. The van der Waals surface area contributed by atoms with E-state index in [0.29, 0.717) is 33.7 Å². The maximum atomic E-state index is 12.0. The normalized spacial score (nSPS) is 26.8. The molecule has 1 aromatic carbocycles. The van der Waals surface area contributed by atoms with Crippen molar-refractivity contribution in [2.45, 2.75) is 31.1 Å². The molecule has 0 saturated carbocycles. The fraction of sp³-hybridized carbons (Fsp3) is 0.467.